The Bertz CT molecular complexity index is 1120. The van der Waals surface area contributed by atoms with Gasteiger partial charge in [-0.05, 0) is 35.4 Å². The van der Waals surface area contributed by atoms with Crippen molar-refractivity contribution in [2.75, 3.05) is 13.4 Å². The molecule has 5 rings (SSSR count). The molecule has 1 aliphatic heterocycles. The summed E-state index contributed by atoms with van der Waals surface area (Å²) in [6, 6.07) is 17.4. The quantitative estimate of drug-likeness (QED) is 0.577. The number of fused-ring (bicyclic) bond motifs is 1. The molecule has 4 aromatic rings. The molecule has 0 aliphatic carbocycles. The number of phenols is 1. The molecule has 0 unspecified atom stereocenters. The minimum atomic E-state index is -0.0348. The first-order valence-corrected chi connectivity index (χ1v) is 8.72. The number of hydrogen-bond donors (Lipinski definition) is 2. The lowest BCUT2D eigenvalue weighted by Gasteiger charge is -2.10. The van der Waals surface area contributed by atoms with Gasteiger partial charge >= 0.3 is 0 Å². The predicted molar refractivity (Wildman–Crippen MR) is 101 cm³/mol. The number of para-hydroxylation sites is 1. The molecule has 3 heterocycles. The van der Waals surface area contributed by atoms with Gasteiger partial charge in [0.25, 0.3) is 0 Å². The lowest BCUT2D eigenvalue weighted by molar-refractivity contribution is 0.0466. The maximum absolute atomic E-state index is 10.2. The van der Waals surface area contributed by atoms with E-state index in [0.717, 1.165) is 27.8 Å². The first-order valence-electron chi connectivity index (χ1n) is 8.72. The molecule has 2 aromatic heterocycles. The SMILES string of the molecule is Oc1ccccc1-c1[nH]nc2ncc(-c3cccc([C@H]4COCO4)c3)cc12. The number of phenolic OH excluding ortho intramolecular Hbond substituents is 1. The summed E-state index contributed by atoms with van der Waals surface area (Å²) < 4.78 is 10.9. The van der Waals surface area contributed by atoms with Crippen molar-refractivity contribution < 1.29 is 14.6 Å². The van der Waals surface area contributed by atoms with E-state index >= 15 is 0 Å². The number of H-pyrrole nitrogens is 1. The Morgan fingerprint density at radius 1 is 1.04 bits per heavy atom. The topological polar surface area (TPSA) is 80.3 Å². The average molecular weight is 359 g/mol. The van der Waals surface area contributed by atoms with Crippen molar-refractivity contribution in [1.29, 1.82) is 0 Å². The van der Waals surface area contributed by atoms with Crippen molar-refractivity contribution in [2.45, 2.75) is 6.10 Å². The van der Waals surface area contributed by atoms with Crippen molar-refractivity contribution in [3.05, 3.63) is 66.4 Å². The number of nitrogens with one attached hydrogen (secondary N) is 1. The number of pyridine rings is 1. The van der Waals surface area contributed by atoms with Crippen LogP contribution in [-0.2, 0) is 9.47 Å². The number of nitrogens with zero attached hydrogens (tertiary/aromatic N) is 2. The Morgan fingerprint density at radius 3 is 2.81 bits per heavy atom. The zero-order valence-electron chi connectivity index (χ0n) is 14.4. The van der Waals surface area contributed by atoms with Crippen molar-refractivity contribution in [2.24, 2.45) is 0 Å². The van der Waals surface area contributed by atoms with Crippen LogP contribution in [0.5, 0.6) is 5.75 Å². The fraction of sp³-hybridized carbons (Fsp3) is 0.143. The number of hydrogen-bond acceptors (Lipinski definition) is 5. The lowest BCUT2D eigenvalue weighted by Crippen LogP contribution is -1.99. The molecule has 134 valence electrons. The lowest BCUT2D eigenvalue weighted by atomic mass is 10.0. The van der Waals surface area contributed by atoms with Gasteiger partial charge in [-0.2, -0.15) is 5.10 Å². The molecule has 0 bridgehead atoms. The fourth-order valence-electron chi connectivity index (χ4n) is 3.39. The summed E-state index contributed by atoms with van der Waals surface area (Å²) in [5, 5.41) is 18.3. The van der Waals surface area contributed by atoms with Gasteiger partial charge in [0, 0.05) is 22.7 Å². The van der Waals surface area contributed by atoms with E-state index in [0.29, 0.717) is 24.6 Å². The first-order chi connectivity index (χ1) is 13.3. The number of aromatic hydroxyl groups is 1. The zero-order valence-corrected chi connectivity index (χ0v) is 14.4. The van der Waals surface area contributed by atoms with Gasteiger partial charge in [0.2, 0.25) is 0 Å². The minimum Gasteiger partial charge on any atom is -0.507 e. The smallest absolute Gasteiger partial charge is 0.181 e. The van der Waals surface area contributed by atoms with E-state index in [-0.39, 0.29) is 11.9 Å². The van der Waals surface area contributed by atoms with E-state index in [1.165, 1.54) is 0 Å². The summed E-state index contributed by atoms with van der Waals surface area (Å²) in [5.41, 5.74) is 5.16. The second kappa shape index (κ2) is 6.50. The van der Waals surface area contributed by atoms with Crippen LogP contribution in [0.25, 0.3) is 33.4 Å². The molecule has 27 heavy (non-hydrogen) atoms. The summed E-state index contributed by atoms with van der Waals surface area (Å²) in [7, 11) is 0. The van der Waals surface area contributed by atoms with Crippen molar-refractivity contribution in [3.8, 4) is 28.1 Å². The van der Waals surface area contributed by atoms with E-state index in [4.69, 9.17) is 9.47 Å². The van der Waals surface area contributed by atoms with Crippen molar-refractivity contribution in [1.82, 2.24) is 15.2 Å². The molecule has 0 spiro atoms. The number of aromatic nitrogens is 3. The van der Waals surface area contributed by atoms with E-state index in [9.17, 15) is 5.11 Å². The van der Waals surface area contributed by atoms with Gasteiger partial charge in [-0.3, -0.25) is 5.10 Å². The molecule has 6 heteroatoms. The van der Waals surface area contributed by atoms with Crippen LogP contribution in [0.1, 0.15) is 11.7 Å². The standard InChI is InChI=1S/C21H17N3O3/c25-18-7-2-1-6-16(18)20-17-9-15(10-22-21(17)24-23-20)13-4-3-5-14(8-13)19-11-26-12-27-19/h1-10,19,25H,11-12H2,(H,22,23,24)/t19-/m1/s1. The summed E-state index contributed by atoms with van der Waals surface area (Å²) >= 11 is 0. The Morgan fingerprint density at radius 2 is 1.96 bits per heavy atom. The maximum Gasteiger partial charge on any atom is 0.181 e. The van der Waals surface area contributed by atoms with Crippen LogP contribution in [0.4, 0.5) is 0 Å². The van der Waals surface area contributed by atoms with Crippen molar-refractivity contribution in [3.63, 3.8) is 0 Å². The van der Waals surface area contributed by atoms with Crippen LogP contribution < -0.4 is 0 Å². The Labute approximate surface area is 155 Å². The minimum absolute atomic E-state index is 0.0348. The average Bonchev–Trinajstić information content (AvgIpc) is 3.38. The zero-order chi connectivity index (χ0) is 18.2. The van der Waals surface area contributed by atoms with Gasteiger partial charge in [0.05, 0.1) is 12.3 Å². The third-order valence-corrected chi connectivity index (χ3v) is 4.80. The highest BCUT2D eigenvalue weighted by Crippen LogP contribution is 2.34. The molecule has 1 saturated heterocycles. The van der Waals surface area contributed by atoms with Gasteiger partial charge in [-0.25, -0.2) is 4.98 Å². The normalized spacial score (nSPS) is 16.8. The second-order valence-corrected chi connectivity index (χ2v) is 6.48. The summed E-state index contributed by atoms with van der Waals surface area (Å²) in [4.78, 5) is 4.48. The van der Waals surface area contributed by atoms with Crippen LogP contribution in [0.2, 0.25) is 0 Å². The third-order valence-electron chi connectivity index (χ3n) is 4.80. The molecular formula is C21H17N3O3. The van der Waals surface area contributed by atoms with E-state index < -0.39 is 0 Å². The van der Waals surface area contributed by atoms with Gasteiger partial charge in [-0.15, -0.1) is 0 Å². The molecular weight excluding hydrogens is 342 g/mol. The number of rotatable bonds is 3. The van der Waals surface area contributed by atoms with Crippen LogP contribution in [-0.4, -0.2) is 33.7 Å². The largest absolute Gasteiger partial charge is 0.507 e. The maximum atomic E-state index is 10.2. The molecule has 0 saturated carbocycles. The van der Waals surface area contributed by atoms with E-state index in [2.05, 4.69) is 21.2 Å². The summed E-state index contributed by atoms with van der Waals surface area (Å²) in [6.07, 6.45) is 1.77. The van der Waals surface area contributed by atoms with Crippen LogP contribution in [0, 0.1) is 0 Å². The van der Waals surface area contributed by atoms with Crippen LogP contribution in [0.15, 0.2) is 60.8 Å². The van der Waals surface area contributed by atoms with Crippen LogP contribution >= 0.6 is 0 Å². The Kier molecular flexibility index (Phi) is 3.85. The highest BCUT2D eigenvalue weighted by molar-refractivity contribution is 5.94. The predicted octanol–water partition coefficient (Wildman–Crippen LogP) is 4.04. The molecule has 0 amide bonds. The monoisotopic (exact) mass is 359 g/mol. The number of ether oxygens (including phenoxy) is 2. The van der Waals surface area contributed by atoms with Crippen molar-refractivity contribution >= 4 is 11.0 Å². The summed E-state index contributed by atoms with van der Waals surface area (Å²) in [5.74, 6) is 0.203. The Hall–Kier alpha value is -3.22. The fourth-order valence-corrected chi connectivity index (χ4v) is 3.39. The third kappa shape index (κ3) is 2.85. The Balaban J connectivity index is 1.60. The summed E-state index contributed by atoms with van der Waals surface area (Å²) in [6.45, 7) is 0.904. The molecule has 0 radical (unpaired) electrons. The molecule has 2 N–H and O–H groups in total. The number of aromatic amines is 1. The van der Waals surface area contributed by atoms with E-state index in [1.54, 1.807) is 12.1 Å². The molecule has 2 aromatic carbocycles. The van der Waals surface area contributed by atoms with Gasteiger partial charge < -0.3 is 14.6 Å². The van der Waals surface area contributed by atoms with Crippen LogP contribution in [0.3, 0.4) is 0 Å². The number of benzene rings is 2. The molecule has 1 fully saturated rings. The van der Waals surface area contributed by atoms with E-state index in [1.807, 2.05) is 42.6 Å². The highest BCUT2D eigenvalue weighted by atomic mass is 16.7. The van der Waals surface area contributed by atoms with Gasteiger partial charge in [-0.1, -0.05) is 30.3 Å². The molecule has 1 aliphatic rings. The molecule has 1 atom stereocenters. The highest BCUT2D eigenvalue weighted by Gasteiger charge is 2.19. The van der Waals surface area contributed by atoms with Gasteiger partial charge in [0.15, 0.2) is 5.65 Å². The molecule has 6 nitrogen and oxygen atoms in total. The first kappa shape index (κ1) is 16.0. The second-order valence-electron chi connectivity index (χ2n) is 6.48. The van der Waals surface area contributed by atoms with Gasteiger partial charge in [0.1, 0.15) is 18.6 Å².